The van der Waals surface area contributed by atoms with Gasteiger partial charge in [-0.1, -0.05) is 24.3 Å². The molecule has 3 rings (SSSR count). The molecule has 0 aliphatic rings. The lowest BCUT2D eigenvalue weighted by Crippen LogP contribution is -2.39. The Kier molecular flexibility index (Phi) is 6.62. The molecule has 0 radical (unpaired) electrons. The first kappa shape index (κ1) is 22.7. The molecule has 1 atom stereocenters. The third kappa shape index (κ3) is 4.86. The fraction of sp³-hybridized carbons (Fsp3) is 0.304. The number of carbonyl (C=O) groups excluding carboxylic acids is 1. The van der Waals surface area contributed by atoms with E-state index in [1.165, 1.54) is 7.05 Å². The number of nitrogens with zero attached hydrogens (tertiary/aromatic N) is 3. The highest BCUT2D eigenvalue weighted by molar-refractivity contribution is 7.89. The number of hydrogen-bond donors (Lipinski definition) is 1. The van der Waals surface area contributed by atoms with E-state index >= 15 is 0 Å². The molecule has 0 saturated carbocycles. The van der Waals surface area contributed by atoms with Crippen LogP contribution in [0.5, 0.6) is 0 Å². The molecule has 0 saturated heterocycles. The molecular weight excluding hydrogens is 412 g/mol. The van der Waals surface area contributed by atoms with Gasteiger partial charge in [-0.2, -0.15) is 9.40 Å². The van der Waals surface area contributed by atoms with Gasteiger partial charge in [-0.05, 0) is 63.1 Å². The maximum Gasteiger partial charge on any atom is 0.243 e. The quantitative estimate of drug-likeness (QED) is 0.611. The summed E-state index contributed by atoms with van der Waals surface area (Å²) in [4.78, 5) is 12.8. The molecule has 7 nitrogen and oxygen atoms in total. The number of amides is 1. The Morgan fingerprint density at radius 2 is 1.77 bits per heavy atom. The molecule has 1 unspecified atom stereocenters. The Bertz CT molecular complexity index is 1190. The van der Waals surface area contributed by atoms with Crippen molar-refractivity contribution in [3.63, 3.8) is 0 Å². The zero-order chi connectivity index (χ0) is 22.8. The molecule has 3 aromatic rings. The van der Waals surface area contributed by atoms with Crippen molar-refractivity contribution in [1.29, 1.82) is 0 Å². The average Bonchev–Trinajstić information content (AvgIpc) is 3.11. The fourth-order valence-corrected chi connectivity index (χ4v) is 4.60. The Morgan fingerprint density at radius 3 is 2.42 bits per heavy atom. The lowest BCUT2D eigenvalue weighted by Gasteiger charge is -2.20. The number of hydrogen-bond acceptors (Lipinski definition) is 4. The number of rotatable bonds is 7. The maximum atomic E-state index is 12.8. The van der Waals surface area contributed by atoms with Crippen LogP contribution in [0.15, 0.2) is 59.6 Å². The van der Waals surface area contributed by atoms with Gasteiger partial charge in [0.05, 0.1) is 29.4 Å². The molecule has 2 aromatic carbocycles. The number of carbonyl (C=O) groups is 1. The first-order chi connectivity index (χ1) is 14.6. The second-order valence-corrected chi connectivity index (χ2v) is 9.77. The van der Waals surface area contributed by atoms with Crippen molar-refractivity contribution < 1.29 is 13.2 Å². The summed E-state index contributed by atoms with van der Waals surface area (Å²) in [7, 11) is -2.35. The maximum absolute atomic E-state index is 12.8. The van der Waals surface area contributed by atoms with E-state index in [1.807, 2.05) is 62.7 Å². The van der Waals surface area contributed by atoms with Gasteiger partial charge >= 0.3 is 0 Å². The molecule has 0 aliphatic carbocycles. The normalized spacial score (nSPS) is 12.7. The van der Waals surface area contributed by atoms with Gasteiger partial charge in [0.15, 0.2) is 0 Å². The molecule has 0 fully saturated rings. The van der Waals surface area contributed by atoms with E-state index in [2.05, 4.69) is 10.4 Å². The summed E-state index contributed by atoms with van der Waals surface area (Å²) < 4.78 is 28.6. The van der Waals surface area contributed by atoms with Crippen molar-refractivity contribution in [2.75, 3.05) is 13.6 Å². The molecule has 1 amide bonds. The summed E-state index contributed by atoms with van der Waals surface area (Å²) in [6.07, 6.45) is 1.73. The van der Waals surface area contributed by atoms with Crippen LogP contribution >= 0.6 is 0 Å². The van der Waals surface area contributed by atoms with Crippen LogP contribution in [0.1, 0.15) is 35.3 Å². The predicted molar refractivity (Wildman–Crippen MR) is 121 cm³/mol. The average molecular weight is 441 g/mol. The van der Waals surface area contributed by atoms with Crippen LogP contribution in [0, 0.1) is 20.8 Å². The van der Waals surface area contributed by atoms with E-state index < -0.39 is 10.0 Å². The van der Waals surface area contributed by atoms with Crippen molar-refractivity contribution in [1.82, 2.24) is 19.4 Å². The first-order valence-corrected chi connectivity index (χ1v) is 11.5. The van der Waals surface area contributed by atoms with Crippen molar-refractivity contribution in [3.05, 3.63) is 77.1 Å². The van der Waals surface area contributed by atoms with Crippen LogP contribution in [0.3, 0.4) is 0 Å². The topological polar surface area (TPSA) is 84.3 Å². The lowest BCUT2D eigenvalue weighted by molar-refractivity contribution is -0.121. The zero-order valence-corrected chi connectivity index (χ0v) is 19.3. The van der Waals surface area contributed by atoms with Gasteiger partial charge in [0, 0.05) is 18.3 Å². The molecule has 164 valence electrons. The van der Waals surface area contributed by atoms with Crippen LogP contribution in [-0.4, -0.2) is 42.0 Å². The van der Waals surface area contributed by atoms with E-state index in [0.717, 1.165) is 32.4 Å². The molecule has 1 N–H and O–H groups in total. The molecule has 1 aromatic heterocycles. The number of para-hydroxylation sites is 1. The van der Waals surface area contributed by atoms with Crippen LogP contribution in [0.2, 0.25) is 0 Å². The van der Waals surface area contributed by atoms with E-state index in [-0.39, 0.29) is 23.4 Å². The van der Waals surface area contributed by atoms with Gasteiger partial charge < -0.3 is 5.32 Å². The smallest absolute Gasteiger partial charge is 0.243 e. The van der Waals surface area contributed by atoms with Gasteiger partial charge in [-0.15, -0.1) is 0 Å². The Hall–Kier alpha value is -2.97. The highest BCUT2D eigenvalue weighted by atomic mass is 32.2. The molecule has 1 heterocycles. The summed E-state index contributed by atoms with van der Waals surface area (Å²) >= 11 is 0. The highest BCUT2D eigenvalue weighted by Gasteiger charge is 2.24. The fourth-order valence-electron chi connectivity index (χ4n) is 3.38. The number of aryl methyl sites for hydroxylation is 2. The van der Waals surface area contributed by atoms with Gasteiger partial charge in [-0.25, -0.2) is 13.1 Å². The largest absolute Gasteiger partial charge is 0.348 e. The van der Waals surface area contributed by atoms with Crippen LogP contribution in [0.25, 0.3) is 5.69 Å². The Labute approximate surface area is 183 Å². The van der Waals surface area contributed by atoms with Crippen LogP contribution in [-0.2, 0) is 14.8 Å². The molecule has 0 aliphatic heterocycles. The van der Waals surface area contributed by atoms with Crippen molar-refractivity contribution in [3.8, 4) is 5.69 Å². The van der Waals surface area contributed by atoms with Crippen molar-refractivity contribution in [2.24, 2.45) is 0 Å². The highest BCUT2D eigenvalue weighted by Crippen LogP contribution is 2.21. The monoisotopic (exact) mass is 440 g/mol. The zero-order valence-electron chi connectivity index (χ0n) is 18.5. The van der Waals surface area contributed by atoms with E-state index in [1.54, 1.807) is 24.4 Å². The van der Waals surface area contributed by atoms with Crippen molar-refractivity contribution in [2.45, 2.75) is 38.6 Å². The van der Waals surface area contributed by atoms with Crippen molar-refractivity contribution >= 4 is 15.9 Å². The SMILES string of the molecule is Cc1ccc(S(=O)(=O)N(C)CC(=O)NC(C)c2cnn(-c3ccccc3)c2C)cc1C. The predicted octanol–water partition coefficient (Wildman–Crippen LogP) is 3.30. The van der Waals surface area contributed by atoms with Crippen LogP contribution in [0.4, 0.5) is 0 Å². The minimum atomic E-state index is -3.76. The van der Waals surface area contributed by atoms with Gasteiger partial charge in [-0.3, -0.25) is 4.79 Å². The number of aromatic nitrogens is 2. The summed E-state index contributed by atoms with van der Waals surface area (Å²) in [5.41, 5.74) is 4.62. The van der Waals surface area contributed by atoms with Gasteiger partial charge in [0.25, 0.3) is 0 Å². The standard InChI is InChI=1S/C23H28N4O3S/c1-16-11-12-21(13-17(16)2)31(29,30)26(5)15-23(28)25-18(3)22-14-24-27(19(22)4)20-9-7-6-8-10-20/h6-14,18H,15H2,1-5H3,(H,25,28). The molecule has 0 spiro atoms. The number of likely N-dealkylation sites (N-methyl/N-ethyl adjacent to an activating group) is 1. The summed E-state index contributed by atoms with van der Waals surface area (Å²) in [6, 6.07) is 14.4. The summed E-state index contributed by atoms with van der Waals surface area (Å²) in [5.74, 6) is -0.380. The third-order valence-electron chi connectivity index (χ3n) is 5.45. The first-order valence-electron chi connectivity index (χ1n) is 10.0. The molecular formula is C23H28N4O3S. The van der Waals surface area contributed by atoms with Crippen LogP contribution < -0.4 is 5.32 Å². The number of sulfonamides is 1. The third-order valence-corrected chi connectivity index (χ3v) is 7.24. The molecule has 31 heavy (non-hydrogen) atoms. The molecule has 8 heteroatoms. The second-order valence-electron chi connectivity index (χ2n) is 7.73. The second kappa shape index (κ2) is 9.03. The van der Waals surface area contributed by atoms with Gasteiger partial charge in [0.1, 0.15) is 0 Å². The van der Waals surface area contributed by atoms with E-state index in [9.17, 15) is 13.2 Å². The minimum absolute atomic E-state index is 0.180. The van der Waals surface area contributed by atoms with E-state index in [4.69, 9.17) is 0 Å². The number of nitrogens with one attached hydrogen (secondary N) is 1. The summed E-state index contributed by atoms with van der Waals surface area (Å²) in [6.45, 7) is 7.31. The number of benzene rings is 2. The Morgan fingerprint density at radius 1 is 1.10 bits per heavy atom. The van der Waals surface area contributed by atoms with E-state index in [0.29, 0.717) is 0 Å². The lowest BCUT2D eigenvalue weighted by atomic mass is 10.1. The van der Waals surface area contributed by atoms with Gasteiger partial charge in [0.2, 0.25) is 15.9 Å². The molecule has 0 bridgehead atoms. The minimum Gasteiger partial charge on any atom is -0.348 e. The Balaban J connectivity index is 1.69. The summed E-state index contributed by atoms with van der Waals surface area (Å²) in [5, 5.41) is 7.31.